The number of carbonyl (C=O) groups excluding carboxylic acids is 3. The zero-order valence-corrected chi connectivity index (χ0v) is 13.8. The SMILES string of the molecule is O=C(CN1CCCCCC1=O)NCc1ccc2c(c1)C(=O)NCC2. The van der Waals surface area contributed by atoms with Crippen molar-refractivity contribution in [1.29, 1.82) is 0 Å². The first-order valence-electron chi connectivity index (χ1n) is 8.58. The topological polar surface area (TPSA) is 78.5 Å². The monoisotopic (exact) mass is 329 g/mol. The van der Waals surface area contributed by atoms with Gasteiger partial charge in [0.25, 0.3) is 5.91 Å². The summed E-state index contributed by atoms with van der Waals surface area (Å²) in [5, 5.41) is 5.67. The smallest absolute Gasteiger partial charge is 0.251 e. The van der Waals surface area contributed by atoms with Crippen molar-refractivity contribution in [3.63, 3.8) is 0 Å². The lowest BCUT2D eigenvalue weighted by Gasteiger charge is -2.20. The summed E-state index contributed by atoms with van der Waals surface area (Å²) in [6, 6.07) is 5.73. The molecule has 0 spiro atoms. The summed E-state index contributed by atoms with van der Waals surface area (Å²) < 4.78 is 0. The van der Waals surface area contributed by atoms with Gasteiger partial charge in [0.2, 0.25) is 11.8 Å². The Morgan fingerprint density at radius 2 is 2.04 bits per heavy atom. The Hall–Kier alpha value is -2.37. The van der Waals surface area contributed by atoms with Gasteiger partial charge in [0, 0.05) is 31.6 Å². The van der Waals surface area contributed by atoms with Crippen LogP contribution in [0.2, 0.25) is 0 Å². The normalized spacial score (nSPS) is 17.8. The van der Waals surface area contributed by atoms with Gasteiger partial charge >= 0.3 is 0 Å². The Labute approximate surface area is 141 Å². The zero-order valence-electron chi connectivity index (χ0n) is 13.8. The van der Waals surface area contributed by atoms with E-state index in [-0.39, 0.29) is 24.3 Å². The molecule has 0 atom stereocenters. The second-order valence-corrected chi connectivity index (χ2v) is 6.40. The summed E-state index contributed by atoms with van der Waals surface area (Å²) in [6.07, 6.45) is 4.28. The molecule has 1 fully saturated rings. The first-order valence-corrected chi connectivity index (χ1v) is 8.58. The molecule has 0 radical (unpaired) electrons. The van der Waals surface area contributed by atoms with Crippen molar-refractivity contribution in [3.05, 3.63) is 34.9 Å². The average Bonchev–Trinajstić information content (AvgIpc) is 2.78. The van der Waals surface area contributed by atoms with Gasteiger partial charge in [-0.25, -0.2) is 0 Å². The number of benzene rings is 1. The number of nitrogens with one attached hydrogen (secondary N) is 2. The number of amides is 3. The maximum absolute atomic E-state index is 12.1. The van der Waals surface area contributed by atoms with Crippen LogP contribution in [-0.4, -0.2) is 42.3 Å². The number of carbonyl (C=O) groups is 3. The molecule has 0 saturated carbocycles. The highest BCUT2D eigenvalue weighted by atomic mass is 16.2. The van der Waals surface area contributed by atoms with Gasteiger partial charge in [-0.3, -0.25) is 14.4 Å². The van der Waals surface area contributed by atoms with E-state index in [0.29, 0.717) is 31.6 Å². The van der Waals surface area contributed by atoms with Crippen molar-refractivity contribution >= 4 is 17.7 Å². The zero-order chi connectivity index (χ0) is 16.9. The van der Waals surface area contributed by atoms with Crippen molar-refractivity contribution in [3.8, 4) is 0 Å². The Kier molecular flexibility index (Phi) is 5.13. The third-order valence-corrected chi connectivity index (χ3v) is 4.59. The van der Waals surface area contributed by atoms with E-state index in [2.05, 4.69) is 10.6 Å². The minimum absolute atomic E-state index is 0.0559. The van der Waals surface area contributed by atoms with E-state index in [4.69, 9.17) is 0 Å². The lowest BCUT2D eigenvalue weighted by molar-refractivity contribution is -0.135. The van der Waals surface area contributed by atoms with Gasteiger partial charge in [-0.1, -0.05) is 18.6 Å². The molecule has 128 valence electrons. The molecule has 2 heterocycles. The summed E-state index contributed by atoms with van der Waals surface area (Å²) in [5.41, 5.74) is 2.63. The van der Waals surface area contributed by atoms with Crippen LogP contribution in [0.1, 0.15) is 47.2 Å². The fraction of sp³-hybridized carbons (Fsp3) is 0.500. The summed E-state index contributed by atoms with van der Waals surface area (Å²) in [6.45, 7) is 1.81. The van der Waals surface area contributed by atoms with Gasteiger partial charge in [-0.2, -0.15) is 0 Å². The van der Waals surface area contributed by atoms with Crippen molar-refractivity contribution in [2.45, 2.75) is 38.6 Å². The predicted molar refractivity (Wildman–Crippen MR) is 89.4 cm³/mol. The summed E-state index contributed by atoms with van der Waals surface area (Å²) in [7, 11) is 0. The molecule has 2 N–H and O–H groups in total. The Morgan fingerprint density at radius 1 is 1.17 bits per heavy atom. The molecule has 1 aromatic carbocycles. The van der Waals surface area contributed by atoms with Crippen LogP contribution in [-0.2, 0) is 22.6 Å². The molecule has 6 heteroatoms. The number of likely N-dealkylation sites (tertiary alicyclic amines) is 1. The molecule has 24 heavy (non-hydrogen) atoms. The highest BCUT2D eigenvalue weighted by molar-refractivity contribution is 5.96. The number of rotatable bonds is 4. The summed E-state index contributed by atoms with van der Waals surface area (Å²) >= 11 is 0. The van der Waals surface area contributed by atoms with Crippen LogP contribution in [0.25, 0.3) is 0 Å². The molecule has 2 aliphatic rings. The Bertz CT molecular complexity index is 657. The van der Waals surface area contributed by atoms with Crippen molar-refractivity contribution in [2.24, 2.45) is 0 Å². The van der Waals surface area contributed by atoms with Crippen LogP contribution in [0.5, 0.6) is 0 Å². The quantitative estimate of drug-likeness (QED) is 0.865. The molecule has 0 bridgehead atoms. The predicted octanol–water partition coefficient (Wildman–Crippen LogP) is 0.991. The first kappa shape index (κ1) is 16.5. The van der Waals surface area contributed by atoms with Gasteiger partial charge in [-0.05, 0) is 36.5 Å². The average molecular weight is 329 g/mol. The number of fused-ring (bicyclic) bond motifs is 1. The molecular formula is C18H23N3O3. The van der Waals surface area contributed by atoms with Gasteiger partial charge < -0.3 is 15.5 Å². The standard InChI is InChI=1S/C18H23N3O3/c22-16(12-21-9-3-1-2-4-17(21)23)20-11-13-5-6-14-7-8-19-18(24)15(14)10-13/h5-6,10H,1-4,7-9,11-12H2,(H,19,24)(H,20,22). The fourth-order valence-electron chi connectivity index (χ4n) is 3.20. The molecule has 0 unspecified atom stereocenters. The van der Waals surface area contributed by atoms with Crippen molar-refractivity contribution in [1.82, 2.24) is 15.5 Å². The van der Waals surface area contributed by atoms with E-state index in [0.717, 1.165) is 36.8 Å². The van der Waals surface area contributed by atoms with E-state index >= 15 is 0 Å². The minimum Gasteiger partial charge on any atom is -0.352 e. The van der Waals surface area contributed by atoms with Crippen LogP contribution in [0.3, 0.4) is 0 Å². The highest BCUT2D eigenvalue weighted by Gasteiger charge is 2.20. The Balaban J connectivity index is 1.55. The highest BCUT2D eigenvalue weighted by Crippen LogP contribution is 2.16. The van der Waals surface area contributed by atoms with Crippen LogP contribution >= 0.6 is 0 Å². The maximum atomic E-state index is 12.1. The van der Waals surface area contributed by atoms with Crippen LogP contribution in [0.15, 0.2) is 18.2 Å². The van der Waals surface area contributed by atoms with E-state index in [1.54, 1.807) is 4.90 Å². The lowest BCUT2D eigenvalue weighted by Crippen LogP contribution is -2.40. The number of hydrogen-bond donors (Lipinski definition) is 2. The fourth-order valence-corrected chi connectivity index (χ4v) is 3.20. The molecular weight excluding hydrogens is 306 g/mol. The van der Waals surface area contributed by atoms with Gasteiger partial charge in [0.1, 0.15) is 0 Å². The molecule has 6 nitrogen and oxygen atoms in total. The molecule has 0 aliphatic carbocycles. The van der Waals surface area contributed by atoms with Gasteiger partial charge in [0.05, 0.1) is 6.54 Å². The largest absolute Gasteiger partial charge is 0.352 e. The molecule has 1 aromatic rings. The molecule has 1 saturated heterocycles. The van der Waals surface area contributed by atoms with Gasteiger partial charge in [0.15, 0.2) is 0 Å². The third kappa shape index (κ3) is 3.93. The molecule has 2 aliphatic heterocycles. The molecule has 0 aromatic heterocycles. The molecule has 3 rings (SSSR count). The third-order valence-electron chi connectivity index (χ3n) is 4.59. The van der Waals surface area contributed by atoms with Gasteiger partial charge in [-0.15, -0.1) is 0 Å². The van der Waals surface area contributed by atoms with Crippen molar-refractivity contribution < 1.29 is 14.4 Å². The van der Waals surface area contributed by atoms with Crippen LogP contribution < -0.4 is 10.6 Å². The second-order valence-electron chi connectivity index (χ2n) is 6.40. The Morgan fingerprint density at radius 3 is 2.92 bits per heavy atom. The maximum Gasteiger partial charge on any atom is 0.251 e. The van der Waals surface area contributed by atoms with E-state index in [1.807, 2.05) is 18.2 Å². The first-order chi connectivity index (χ1) is 11.6. The van der Waals surface area contributed by atoms with E-state index < -0.39 is 0 Å². The number of nitrogens with zero attached hydrogens (tertiary/aromatic N) is 1. The van der Waals surface area contributed by atoms with E-state index in [9.17, 15) is 14.4 Å². The second kappa shape index (κ2) is 7.47. The lowest BCUT2D eigenvalue weighted by atomic mass is 9.98. The molecule has 3 amide bonds. The minimum atomic E-state index is -0.160. The summed E-state index contributed by atoms with van der Waals surface area (Å²) in [4.78, 5) is 37.5. The number of hydrogen-bond acceptors (Lipinski definition) is 3. The van der Waals surface area contributed by atoms with E-state index in [1.165, 1.54) is 0 Å². The summed E-state index contributed by atoms with van der Waals surface area (Å²) in [5.74, 6) is -0.153. The van der Waals surface area contributed by atoms with Crippen LogP contribution in [0.4, 0.5) is 0 Å². The van der Waals surface area contributed by atoms with Crippen LogP contribution in [0, 0.1) is 0 Å². The van der Waals surface area contributed by atoms with Crippen molar-refractivity contribution in [2.75, 3.05) is 19.6 Å².